The van der Waals surface area contributed by atoms with Crippen molar-refractivity contribution in [2.75, 3.05) is 7.05 Å². The quantitative estimate of drug-likeness (QED) is 0.790. The van der Waals surface area contributed by atoms with Crippen LogP contribution in [0.2, 0.25) is 0 Å². The van der Waals surface area contributed by atoms with Gasteiger partial charge < -0.3 is 9.67 Å². The summed E-state index contributed by atoms with van der Waals surface area (Å²) in [4.78, 5) is 25.2. The molecule has 0 saturated carbocycles. The molecule has 2 amide bonds. The number of fused-ring (bicyclic) bond motifs is 1. The van der Waals surface area contributed by atoms with E-state index in [0.717, 1.165) is 36.2 Å². The SMILES string of the molecule is Cc1cc2c(n1C1CCC(=O)N(C)C1=O)CCCC2O. The summed E-state index contributed by atoms with van der Waals surface area (Å²) in [7, 11) is 1.55. The number of aromatic nitrogens is 1. The molecule has 0 bridgehead atoms. The van der Waals surface area contributed by atoms with Gasteiger partial charge in [-0.3, -0.25) is 14.5 Å². The number of hydrogen-bond acceptors (Lipinski definition) is 3. The molecule has 1 aromatic rings. The van der Waals surface area contributed by atoms with E-state index >= 15 is 0 Å². The maximum Gasteiger partial charge on any atom is 0.251 e. The maximum atomic E-state index is 12.4. The van der Waals surface area contributed by atoms with E-state index in [-0.39, 0.29) is 17.9 Å². The number of carbonyl (C=O) groups excluding carboxylic acids is 2. The molecule has 1 saturated heterocycles. The summed E-state index contributed by atoms with van der Waals surface area (Å²) in [6.07, 6.45) is 3.15. The number of aliphatic hydroxyl groups excluding tert-OH is 1. The molecule has 0 aromatic carbocycles. The zero-order chi connectivity index (χ0) is 14.4. The largest absolute Gasteiger partial charge is 0.388 e. The van der Waals surface area contributed by atoms with Gasteiger partial charge in [-0.05, 0) is 38.7 Å². The fourth-order valence-electron chi connectivity index (χ4n) is 3.47. The highest BCUT2D eigenvalue weighted by Crippen LogP contribution is 2.36. The Kier molecular flexibility index (Phi) is 3.17. The third-order valence-corrected chi connectivity index (χ3v) is 4.55. The van der Waals surface area contributed by atoms with Crippen molar-refractivity contribution in [1.82, 2.24) is 9.47 Å². The molecule has 108 valence electrons. The number of piperidine rings is 1. The normalized spacial score (nSPS) is 26.9. The second kappa shape index (κ2) is 4.74. The van der Waals surface area contributed by atoms with Gasteiger partial charge in [-0.15, -0.1) is 0 Å². The molecule has 3 rings (SSSR count). The first-order valence-electron chi connectivity index (χ1n) is 7.19. The van der Waals surface area contributed by atoms with Crippen LogP contribution in [0.3, 0.4) is 0 Å². The van der Waals surface area contributed by atoms with Gasteiger partial charge in [0.25, 0.3) is 5.91 Å². The molecule has 2 atom stereocenters. The van der Waals surface area contributed by atoms with Gasteiger partial charge in [-0.25, -0.2) is 0 Å². The third kappa shape index (κ3) is 1.88. The van der Waals surface area contributed by atoms with Gasteiger partial charge in [0.05, 0.1) is 6.10 Å². The van der Waals surface area contributed by atoms with Crippen LogP contribution in [0.1, 0.15) is 54.8 Å². The number of nitrogens with zero attached hydrogens (tertiary/aromatic N) is 2. The molecule has 5 nitrogen and oxygen atoms in total. The first-order valence-corrected chi connectivity index (χ1v) is 7.19. The summed E-state index contributed by atoms with van der Waals surface area (Å²) < 4.78 is 2.04. The summed E-state index contributed by atoms with van der Waals surface area (Å²) in [5, 5.41) is 10.1. The lowest BCUT2D eigenvalue weighted by Crippen LogP contribution is -2.43. The van der Waals surface area contributed by atoms with Crippen LogP contribution >= 0.6 is 0 Å². The van der Waals surface area contributed by atoms with Crippen molar-refractivity contribution in [3.63, 3.8) is 0 Å². The molecule has 5 heteroatoms. The lowest BCUT2D eigenvalue weighted by Gasteiger charge is -2.32. The van der Waals surface area contributed by atoms with Crippen molar-refractivity contribution in [2.45, 2.75) is 51.2 Å². The minimum absolute atomic E-state index is 0.107. The molecule has 1 aromatic heterocycles. The summed E-state index contributed by atoms with van der Waals surface area (Å²) in [5.41, 5.74) is 3.03. The van der Waals surface area contributed by atoms with Crippen LogP contribution in [0.15, 0.2) is 6.07 Å². The Morgan fingerprint density at radius 2 is 2.00 bits per heavy atom. The lowest BCUT2D eigenvalue weighted by molar-refractivity contribution is -0.149. The minimum atomic E-state index is -0.420. The maximum absolute atomic E-state index is 12.4. The van der Waals surface area contributed by atoms with Crippen LogP contribution in [0.25, 0.3) is 0 Å². The van der Waals surface area contributed by atoms with E-state index < -0.39 is 6.10 Å². The van der Waals surface area contributed by atoms with E-state index in [1.807, 2.05) is 17.6 Å². The van der Waals surface area contributed by atoms with Gasteiger partial charge in [-0.1, -0.05) is 0 Å². The number of hydrogen-bond donors (Lipinski definition) is 1. The third-order valence-electron chi connectivity index (χ3n) is 4.55. The predicted molar refractivity (Wildman–Crippen MR) is 73.1 cm³/mol. The molecular weight excluding hydrogens is 256 g/mol. The van der Waals surface area contributed by atoms with Gasteiger partial charge in [0.1, 0.15) is 6.04 Å². The Morgan fingerprint density at radius 1 is 1.25 bits per heavy atom. The topological polar surface area (TPSA) is 62.5 Å². The zero-order valence-corrected chi connectivity index (χ0v) is 11.9. The molecule has 1 aliphatic heterocycles. The number of aryl methyl sites for hydroxylation is 1. The van der Waals surface area contributed by atoms with Crippen LogP contribution in [0.5, 0.6) is 0 Å². The molecule has 1 fully saturated rings. The monoisotopic (exact) mass is 276 g/mol. The number of likely N-dealkylation sites (N-methyl/N-ethyl adjacent to an activating group) is 1. The summed E-state index contributed by atoms with van der Waals surface area (Å²) >= 11 is 0. The second-order valence-corrected chi connectivity index (χ2v) is 5.81. The standard InChI is InChI=1S/C15H20N2O3/c1-9-8-10-11(4-3-5-13(10)18)17(9)12-6-7-14(19)16(2)15(12)20/h8,12-13,18H,3-7H2,1-2H3. The number of rotatable bonds is 1. The Hall–Kier alpha value is -1.62. The van der Waals surface area contributed by atoms with Crippen molar-refractivity contribution < 1.29 is 14.7 Å². The van der Waals surface area contributed by atoms with Crippen LogP contribution in [-0.2, 0) is 16.0 Å². The highest BCUT2D eigenvalue weighted by Gasteiger charge is 2.36. The van der Waals surface area contributed by atoms with Crippen LogP contribution in [0.4, 0.5) is 0 Å². The van der Waals surface area contributed by atoms with E-state index in [9.17, 15) is 14.7 Å². The highest BCUT2D eigenvalue weighted by atomic mass is 16.3. The predicted octanol–water partition coefficient (Wildman–Crippen LogP) is 1.49. The zero-order valence-electron chi connectivity index (χ0n) is 11.9. The number of carbonyl (C=O) groups is 2. The molecule has 0 spiro atoms. The Labute approximate surface area is 118 Å². The van der Waals surface area contributed by atoms with Crippen molar-refractivity contribution in [3.8, 4) is 0 Å². The first kappa shape index (κ1) is 13.4. The molecule has 1 N–H and O–H groups in total. The lowest BCUT2D eigenvalue weighted by atomic mass is 9.94. The average Bonchev–Trinajstić information content (AvgIpc) is 2.75. The molecule has 2 heterocycles. The summed E-state index contributed by atoms with van der Waals surface area (Å²) in [6, 6.07) is 1.69. The number of amides is 2. The highest BCUT2D eigenvalue weighted by molar-refractivity contribution is 5.99. The van der Waals surface area contributed by atoms with Gasteiger partial charge >= 0.3 is 0 Å². The van der Waals surface area contributed by atoms with Crippen molar-refractivity contribution >= 4 is 11.8 Å². The Balaban J connectivity index is 2.02. The fourth-order valence-corrected chi connectivity index (χ4v) is 3.47. The van der Waals surface area contributed by atoms with Gasteiger partial charge in [0, 0.05) is 30.4 Å². The van der Waals surface area contributed by atoms with Crippen molar-refractivity contribution in [2.24, 2.45) is 0 Å². The fraction of sp³-hybridized carbons (Fsp3) is 0.600. The number of likely N-dealkylation sites (tertiary alicyclic amines) is 1. The van der Waals surface area contributed by atoms with E-state index in [1.54, 1.807) is 7.05 Å². The molecule has 0 radical (unpaired) electrons. The van der Waals surface area contributed by atoms with E-state index in [0.29, 0.717) is 12.8 Å². The van der Waals surface area contributed by atoms with Gasteiger partial charge in [0.2, 0.25) is 5.91 Å². The number of aliphatic hydroxyl groups is 1. The van der Waals surface area contributed by atoms with Crippen LogP contribution in [-0.4, -0.2) is 33.4 Å². The summed E-state index contributed by atoms with van der Waals surface area (Å²) in [6.45, 7) is 1.97. The Morgan fingerprint density at radius 3 is 2.75 bits per heavy atom. The van der Waals surface area contributed by atoms with Gasteiger partial charge in [0.15, 0.2) is 0 Å². The van der Waals surface area contributed by atoms with E-state index in [1.165, 1.54) is 4.90 Å². The summed E-state index contributed by atoms with van der Waals surface area (Å²) in [5.74, 6) is -0.243. The average molecular weight is 276 g/mol. The Bertz CT molecular complexity index is 576. The molecular formula is C15H20N2O3. The first-order chi connectivity index (χ1) is 9.50. The molecule has 20 heavy (non-hydrogen) atoms. The molecule has 2 aliphatic rings. The van der Waals surface area contributed by atoms with Crippen molar-refractivity contribution in [1.29, 1.82) is 0 Å². The van der Waals surface area contributed by atoms with Crippen LogP contribution in [0, 0.1) is 6.92 Å². The van der Waals surface area contributed by atoms with Crippen molar-refractivity contribution in [3.05, 3.63) is 23.0 Å². The second-order valence-electron chi connectivity index (χ2n) is 5.81. The molecule has 2 unspecified atom stereocenters. The van der Waals surface area contributed by atoms with E-state index in [2.05, 4.69) is 0 Å². The minimum Gasteiger partial charge on any atom is -0.388 e. The molecule has 1 aliphatic carbocycles. The number of imide groups is 1. The smallest absolute Gasteiger partial charge is 0.251 e. The van der Waals surface area contributed by atoms with Crippen LogP contribution < -0.4 is 0 Å². The van der Waals surface area contributed by atoms with Gasteiger partial charge in [-0.2, -0.15) is 0 Å². The van der Waals surface area contributed by atoms with E-state index in [4.69, 9.17) is 0 Å².